The molecule has 0 bridgehead atoms. The van der Waals surface area contributed by atoms with Crippen molar-refractivity contribution >= 4 is 17.6 Å². The normalized spacial score (nSPS) is 11.9. The van der Waals surface area contributed by atoms with Crippen LogP contribution in [-0.4, -0.2) is 42.5 Å². The molecule has 0 aliphatic heterocycles. The van der Waals surface area contributed by atoms with E-state index in [9.17, 15) is 9.59 Å². The molecule has 0 aliphatic rings. The molecule has 0 spiro atoms. The topological polar surface area (TPSA) is 82.5 Å². The minimum atomic E-state index is -0.394. The van der Waals surface area contributed by atoms with E-state index in [4.69, 9.17) is 4.74 Å². The molecule has 7 nitrogen and oxygen atoms in total. The van der Waals surface area contributed by atoms with E-state index in [0.29, 0.717) is 18.7 Å². The van der Waals surface area contributed by atoms with Gasteiger partial charge in [-0.2, -0.15) is 5.10 Å². The van der Waals surface area contributed by atoms with Gasteiger partial charge >= 0.3 is 5.97 Å². The largest absolute Gasteiger partial charge is 0.468 e. The van der Waals surface area contributed by atoms with E-state index in [1.165, 1.54) is 18.0 Å². The average molecular weight is 269 g/mol. The summed E-state index contributed by atoms with van der Waals surface area (Å²) in [6.45, 7) is 2.49. The zero-order valence-corrected chi connectivity index (χ0v) is 11.4. The number of nitrogens with zero attached hydrogens (tertiary/aromatic N) is 2. The highest BCUT2D eigenvalue weighted by atomic mass is 16.5. The SMILES string of the molecule is COCC(C)CC(=O)Nc1cnn(CC(=O)OC)c1. The molecule has 0 aliphatic carbocycles. The molecule has 0 radical (unpaired) electrons. The monoisotopic (exact) mass is 269 g/mol. The molecule has 7 heteroatoms. The first kappa shape index (κ1) is 15.2. The molecule has 1 unspecified atom stereocenters. The minimum absolute atomic E-state index is 0.0203. The van der Waals surface area contributed by atoms with Gasteiger partial charge in [0.15, 0.2) is 0 Å². The lowest BCUT2D eigenvalue weighted by molar-refractivity contribution is -0.141. The van der Waals surface area contributed by atoms with Crippen molar-refractivity contribution in [2.24, 2.45) is 5.92 Å². The second-order valence-electron chi connectivity index (χ2n) is 4.32. The molecule has 0 aromatic carbocycles. The highest BCUT2D eigenvalue weighted by Crippen LogP contribution is 2.08. The Kier molecular flexibility index (Phi) is 6.01. The second kappa shape index (κ2) is 7.52. The third-order valence-electron chi connectivity index (χ3n) is 2.42. The molecule has 19 heavy (non-hydrogen) atoms. The fourth-order valence-corrected chi connectivity index (χ4v) is 1.58. The van der Waals surface area contributed by atoms with Gasteiger partial charge in [0.05, 0.1) is 19.0 Å². The van der Waals surface area contributed by atoms with E-state index in [1.54, 1.807) is 13.3 Å². The number of amides is 1. The van der Waals surface area contributed by atoms with Crippen molar-refractivity contribution in [3.05, 3.63) is 12.4 Å². The van der Waals surface area contributed by atoms with Crippen molar-refractivity contribution < 1.29 is 19.1 Å². The van der Waals surface area contributed by atoms with E-state index in [1.807, 2.05) is 6.92 Å². The number of esters is 1. The van der Waals surface area contributed by atoms with Gasteiger partial charge in [-0.15, -0.1) is 0 Å². The first-order valence-corrected chi connectivity index (χ1v) is 5.93. The maximum Gasteiger partial charge on any atom is 0.327 e. The van der Waals surface area contributed by atoms with Crippen molar-refractivity contribution in [3.8, 4) is 0 Å². The molecular formula is C12H19N3O4. The third-order valence-corrected chi connectivity index (χ3v) is 2.42. The van der Waals surface area contributed by atoms with Gasteiger partial charge in [-0.1, -0.05) is 6.92 Å². The Morgan fingerprint density at radius 3 is 2.84 bits per heavy atom. The molecule has 1 aromatic heterocycles. The van der Waals surface area contributed by atoms with Gasteiger partial charge in [0.1, 0.15) is 6.54 Å². The Bertz CT molecular complexity index is 430. The predicted octanol–water partition coefficient (Wildman–Crippen LogP) is 0.667. The summed E-state index contributed by atoms with van der Waals surface area (Å²) in [4.78, 5) is 22.7. The van der Waals surface area contributed by atoms with Crippen molar-refractivity contribution in [1.82, 2.24) is 9.78 Å². The van der Waals surface area contributed by atoms with Crippen LogP contribution in [0.1, 0.15) is 13.3 Å². The van der Waals surface area contributed by atoms with Crippen LogP contribution in [-0.2, 0) is 25.6 Å². The van der Waals surface area contributed by atoms with Crippen molar-refractivity contribution in [2.45, 2.75) is 19.9 Å². The number of rotatable bonds is 7. The Balaban J connectivity index is 2.44. The molecule has 0 fully saturated rings. The number of nitrogens with one attached hydrogen (secondary N) is 1. The summed E-state index contributed by atoms with van der Waals surface area (Å²) in [6, 6.07) is 0. The summed E-state index contributed by atoms with van der Waals surface area (Å²) in [5, 5.41) is 6.66. The average Bonchev–Trinajstić information content (AvgIpc) is 2.76. The number of carbonyl (C=O) groups is 2. The van der Waals surface area contributed by atoms with Crippen molar-refractivity contribution in [1.29, 1.82) is 0 Å². The molecule has 1 N–H and O–H groups in total. The van der Waals surface area contributed by atoms with Crippen LogP contribution in [0.25, 0.3) is 0 Å². The zero-order valence-electron chi connectivity index (χ0n) is 11.4. The van der Waals surface area contributed by atoms with E-state index < -0.39 is 5.97 Å². The van der Waals surface area contributed by atoms with Crippen LogP contribution in [0.3, 0.4) is 0 Å². The number of anilines is 1. The van der Waals surface area contributed by atoms with Crippen LogP contribution in [0.5, 0.6) is 0 Å². The summed E-state index contributed by atoms with van der Waals surface area (Å²) >= 11 is 0. The molecule has 1 aromatic rings. The van der Waals surface area contributed by atoms with Gasteiger partial charge in [-0.3, -0.25) is 14.3 Å². The summed E-state index contributed by atoms with van der Waals surface area (Å²) in [6.07, 6.45) is 3.44. The van der Waals surface area contributed by atoms with Gasteiger partial charge in [0.25, 0.3) is 0 Å². The number of aromatic nitrogens is 2. The van der Waals surface area contributed by atoms with E-state index in [-0.39, 0.29) is 18.4 Å². The van der Waals surface area contributed by atoms with Crippen LogP contribution in [0.4, 0.5) is 5.69 Å². The van der Waals surface area contributed by atoms with Crippen molar-refractivity contribution in [3.63, 3.8) is 0 Å². The number of carbonyl (C=O) groups excluding carboxylic acids is 2. The highest BCUT2D eigenvalue weighted by Gasteiger charge is 2.10. The van der Waals surface area contributed by atoms with E-state index in [2.05, 4.69) is 15.2 Å². The minimum Gasteiger partial charge on any atom is -0.468 e. The smallest absolute Gasteiger partial charge is 0.327 e. The summed E-state index contributed by atoms with van der Waals surface area (Å²) in [5.74, 6) is -0.355. The molecule has 0 saturated carbocycles. The second-order valence-corrected chi connectivity index (χ2v) is 4.32. The van der Waals surface area contributed by atoms with Gasteiger partial charge in [0.2, 0.25) is 5.91 Å². The fraction of sp³-hybridized carbons (Fsp3) is 0.583. The number of ether oxygens (including phenoxy) is 2. The maximum atomic E-state index is 11.7. The Hall–Kier alpha value is -1.89. The lowest BCUT2D eigenvalue weighted by Crippen LogP contribution is -2.17. The predicted molar refractivity (Wildman–Crippen MR) is 68.5 cm³/mol. The quantitative estimate of drug-likeness (QED) is 0.735. The van der Waals surface area contributed by atoms with Crippen LogP contribution < -0.4 is 5.32 Å². The summed E-state index contributed by atoms with van der Waals surface area (Å²) in [5.41, 5.74) is 0.554. The van der Waals surface area contributed by atoms with Gasteiger partial charge < -0.3 is 14.8 Å². The number of hydrogen-bond donors (Lipinski definition) is 1. The van der Waals surface area contributed by atoms with E-state index >= 15 is 0 Å². The summed E-state index contributed by atoms with van der Waals surface area (Å²) < 4.78 is 10.9. The first-order chi connectivity index (χ1) is 9.05. The first-order valence-electron chi connectivity index (χ1n) is 5.93. The molecular weight excluding hydrogens is 250 g/mol. The highest BCUT2D eigenvalue weighted by molar-refractivity contribution is 5.90. The fourth-order valence-electron chi connectivity index (χ4n) is 1.58. The van der Waals surface area contributed by atoms with E-state index in [0.717, 1.165) is 0 Å². The molecule has 1 rings (SSSR count). The van der Waals surface area contributed by atoms with Gasteiger partial charge in [0, 0.05) is 26.3 Å². The Morgan fingerprint density at radius 1 is 1.47 bits per heavy atom. The molecule has 1 atom stereocenters. The maximum absolute atomic E-state index is 11.7. The van der Waals surface area contributed by atoms with Gasteiger partial charge in [-0.05, 0) is 5.92 Å². The zero-order chi connectivity index (χ0) is 14.3. The molecule has 106 valence electrons. The van der Waals surface area contributed by atoms with Gasteiger partial charge in [-0.25, -0.2) is 0 Å². The summed E-state index contributed by atoms with van der Waals surface area (Å²) in [7, 11) is 2.91. The van der Waals surface area contributed by atoms with Crippen LogP contribution in [0.2, 0.25) is 0 Å². The molecule has 0 saturated heterocycles. The molecule has 1 amide bonds. The van der Waals surface area contributed by atoms with Crippen molar-refractivity contribution in [2.75, 3.05) is 26.1 Å². The Morgan fingerprint density at radius 2 is 2.21 bits per heavy atom. The lowest BCUT2D eigenvalue weighted by Gasteiger charge is -2.09. The lowest BCUT2D eigenvalue weighted by atomic mass is 10.1. The number of hydrogen-bond acceptors (Lipinski definition) is 5. The Labute approximate surface area is 111 Å². The standard InChI is InChI=1S/C12H19N3O4/c1-9(8-18-2)4-11(16)14-10-5-13-15(6-10)7-12(17)19-3/h5-6,9H,4,7-8H2,1-3H3,(H,14,16). The van der Waals surface area contributed by atoms with Crippen LogP contribution >= 0.6 is 0 Å². The van der Waals surface area contributed by atoms with Crippen LogP contribution in [0, 0.1) is 5.92 Å². The van der Waals surface area contributed by atoms with Crippen LogP contribution in [0.15, 0.2) is 12.4 Å². The number of methoxy groups -OCH3 is 2. The third kappa shape index (κ3) is 5.52. The molecule has 1 heterocycles.